The van der Waals surface area contributed by atoms with Gasteiger partial charge in [0.25, 0.3) is 0 Å². The molecule has 0 saturated heterocycles. The van der Waals surface area contributed by atoms with Gasteiger partial charge in [-0.05, 0) is 32.5 Å². The molecule has 0 rings (SSSR count). The lowest BCUT2D eigenvalue weighted by atomic mass is 9.99. The average molecular weight is 259 g/mol. The first-order valence-electron chi connectivity index (χ1n) is 6.13. The van der Waals surface area contributed by atoms with Crippen LogP contribution in [-0.4, -0.2) is 32.7 Å². The van der Waals surface area contributed by atoms with Crippen LogP contribution in [0.1, 0.15) is 27.2 Å². The van der Waals surface area contributed by atoms with Gasteiger partial charge in [0.05, 0.1) is 6.54 Å². The number of carbonyl (C=O) groups excluding carboxylic acids is 2. The van der Waals surface area contributed by atoms with E-state index in [1.54, 1.807) is 0 Å². The molecule has 4 nitrogen and oxygen atoms in total. The van der Waals surface area contributed by atoms with Crippen LogP contribution in [0.15, 0.2) is 0 Å². The average Bonchev–Trinajstić information content (AvgIpc) is 2.14. The first-order chi connectivity index (χ1) is 7.67. The van der Waals surface area contributed by atoms with E-state index in [1.807, 2.05) is 33.5 Å². The number of carbonyl (C=O) groups is 2. The van der Waals surface area contributed by atoms with Crippen LogP contribution in [0.3, 0.4) is 0 Å². The highest BCUT2D eigenvalue weighted by Crippen LogP contribution is 2.12. The molecular weight excluding hydrogens is 234 g/mol. The molecule has 0 spiro atoms. The van der Waals surface area contributed by atoms with Gasteiger partial charge in [0.1, 0.15) is 11.8 Å². The van der Waals surface area contributed by atoms with Crippen LogP contribution in [0, 0.1) is 5.92 Å². The van der Waals surface area contributed by atoms with E-state index in [1.165, 1.54) is 6.92 Å². The summed E-state index contributed by atoms with van der Waals surface area (Å²) in [5, 5.41) is 2.99. The number of hydrogen-bond acceptors (Lipinski definition) is 4. The summed E-state index contributed by atoms with van der Waals surface area (Å²) in [5.41, 5.74) is 0. The quantitative estimate of drug-likeness (QED) is 0.710. The summed E-state index contributed by atoms with van der Waals surface area (Å²) >= 11 is 0. The Morgan fingerprint density at radius 3 is 2.18 bits per heavy atom. The van der Waals surface area contributed by atoms with E-state index in [0.717, 1.165) is 6.42 Å². The van der Waals surface area contributed by atoms with Crippen molar-refractivity contribution in [2.45, 2.75) is 52.9 Å². The molecule has 1 N–H and O–H groups in total. The number of nitrogens with one attached hydrogen (secondary N) is 1. The first kappa shape index (κ1) is 16.3. The molecule has 0 bridgehead atoms. The van der Waals surface area contributed by atoms with Crippen LogP contribution >= 0.6 is 0 Å². The number of Topliss-reactive ketones (excluding diaryl/α,β-unsaturated/α-hetero) is 1. The molecule has 0 aromatic heterocycles. The third kappa shape index (κ3) is 7.28. The monoisotopic (exact) mass is 259 g/mol. The smallest absolute Gasteiger partial charge is 0.310 e. The predicted octanol–water partition coefficient (Wildman–Crippen LogP) is 1.96. The highest BCUT2D eigenvalue weighted by molar-refractivity contribution is 6.71. The molecule has 2 atom stereocenters. The first-order valence-corrected chi connectivity index (χ1v) is 9.54. The Kier molecular flexibility index (Phi) is 6.63. The topological polar surface area (TPSA) is 55.4 Å². The van der Waals surface area contributed by atoms with Crippen LogP contribution in [0.5, 0.6) is 0 Å². The van der Waals surface area contributed by atoms with E-state index < -0.39 is 8.32 Å². The molecule has 0 radical (unpaired) electrons. The minimum absolute atomic E-state index is 0.0270. The van der Waals surface area contributed by atoms with Gasteiger partial charge in [-0.2, -0.15) is 0 Å². The molecule has 0 unspecified atom stereocenters. The predicted molar refractivity (Wildman–Crippen MR) is 71.4 cm³/mol. The minimum atomic E-state index is -1.87. The maximum atomic E-state index is 12.0. The fourth-order valence-electron chi connectivity index (χ4n) is 1.37. The van der Waals surface area contributed by atoms with Gasteiger partial charge in [-0.25, -0.2) is 0 Å². The van der Waals surface area contributed by atoms with E-state index in [0.29, 0.717) is 0 Å². The van der Waals surface area contributed by atoms with Gasteiger partial charge in [0.15, 0.2) is 0 Å². The maximum absolute atomic E-state index is 12.0. The Balaban J connectivity index is 4.56. The minimum Gasteiger partial charge on any atom is -0.519 e. The molecule has 0 aromatic carbocycles. The van der Waals surface area contributed by atoms with E-state index in [2.05, 4.69) is 5.32 Å². The second kappa shape index (κ2) is 6.91. The zero-order chi connectivity index (χ0) is 13.6. The molecule has 0 aliphatic heterocycles. The third-order valence-electron chi connectivity index (χ3n) is 2.44. The van der Waals surface area contributed by atoms with E-state index in [9.17, 15) is 9.59 Å². The lowest BCUT2D eigenvalue weighted by molar-refractivity contribution is -0.138. The number of rotatable bonds is 7. The van der Waals surface area contributed by atoms with Crippen LogP contribution < -0.4 is 5.32 Å². The van der Waals surface area contributed by atoms with E-state index in [4.69, 9.17) is 4.43 Å². The van der Waals surface area contributed by atoms with Gasteiger partial charge >= 0.3 is 5.97 Å². The van der Waals surface area contributed by atoms with Crippen molar-refractivity contribution in [3.63, 3.8) is 0 Å². The molecule has 0 fully saturated rings. The summed E-state index contributed by atoms with van der Waals surface area (Å²) in [6, 6.07) is -0.379. The fourth-order valence-corrected chi connectivity index (χ4v) is 2.10. The van der Waals surface area contributed by atoms with Crippen molar-refractivity contribution in [2.75, 3.05) is 6.54 Å². The molecule has 5 heteroatoms. The van der Waals surface area contributed by atoms with Crippen molar-refractivity contribution in [1.82, 2.24) is 5.32 Å². The number of ketones is 1. The largest absolute Gasteiger partial charge is 0.519 e. The van der Waals surface area contributed by atoms with Gasteiger partial charge in [0.2, 0.25) is 8.32 Å². The second-order valence-corrected chi connectivity index (χ2v) is 9.91. The zero-order valence-corrected chi connectivity index (χ0v) is 12.8. The van der Waals surface area contributed by atoms with E-state index >= 15 is 0 Å². The Morgan fingerprint density at radius 1 is 1.29 bits per heavy atom. The van der Waals surface area contributed by atoms with Gasteiger partial charge in [0, 0.05) is 0 Å². The normalized spacial score (nSPS) is 15.2. The summed E-state index contributed by atoms with van der Waals surface area (Å²) in [5.74, 6) is -0.0305. The lowest BCUT2D eigenvalue weighted by Crippen LogP contribution is -2.47. The maximum Gasteiger partial charge on any atom is 0.310 e. The molecular formula is C12H25NO3Si. The van der Waals surface area contributed by atoms with Gasteiger partial charge in [-0.1, -0.05) is 20.3 Å². The Morgan fingerprint density at radius 2 is 1.82 bits per heavy atom. The summed E-state index contributed by atoms with van der Waals surface area (Å²) in [6.07, 6.45) is 0.871. The SMILES string of the molecule is CC[C@H](C)[C@H](NCC(C)=O)C(=O)O[Si](C)(C)C. The molecule has 0 aliphatic rings. The molecule has 0 heterocycles. The molecule has 0 saturated carbocycles. The molecule has 0 amide bonds. The zero-order valence-electron chi connectivity index (χ0n) is 11.8. The van der Waals surface area contributed by atoms with Gasteiger partial charge in [-0.15, -0.1) is 0 Å². The van der Waals surface area contributed by atoms with Crippen LogP contribution in [0.25, 0.3) is 0 Å². The summed E-state index contributed by atoms with van der Waals surface area (Å²) in [7, 11) is -1.87. The van der Waals surface area contributed by atoms with Gasteiger partial charge in [-0.3, -0.25) is 14.9 Å². The Hall–Kier alpha value is -0.683. The molecule has 17 heavy (non-hydrogen) atoms. The summed E-state index contributed by atoms with van der Waals surface area (Å²) in [4.78, 5) is 23.0. The molecule has 100 valence electrons. The lowest BCUT2D eigenvalue weighted by Gasteiger charge is -2.26. The Labute approximate surface area is 105 Å². The fraction of sp³-hybridized carbons (Fsp3) is 0.833. The van der Waals surface area contributed by atoms with Crippen molar-refractivity contribution in [2.24, 2.45) is 5.92 Å². The molecule has 0 aliphatic carbocycles. The van der Waals surface area contributed by atoms with Crippen molar-refractivity contribution in [3.8, 4) is 0 Å². The van der Waals surface area contributed by atoms with Crippen molar-refractivity contribution >= 4 is 20.1 Å². The number of hydrogen-bond donors (Lipinski definition) is 1. The second-order valence-electron chi connectivity index (χ2n) is 5.48. The van der Waals surface area contributed by atoms with Crippen LogP contribution in [-0.2, 0) is 14.0 Å². The standard InChI is InChI=1S/C12H25NO3Si/c1-7-9(2)11(13-8-10(3)14)12(15)16-17(4,5)6/h9,11,13H,7-8H2,1-6H3/t9-,11-/m0/s1. The third-order valence-corrected chi connectivity index (χ3v) is 3.26. The van der Waals surface area contributed by atoms with Gasteiger partial charge < -0.3 is 4.43 Å². The highest BCUT2D eigenvalue weighted by Gasteiger charge is 2.29. The molecule has 0 aromatic rings. The van der Waals surface area contributed by atoms with Crippen LogP contribution in [0.2, 0.25) is 19.6 Å². The summed E-state index contributed by atoms with van der Waals surface area (Å²) < 4.78 is 5.48. The summed E-state index contributed by atoms with van der Waals surface area (Å²) in [6.45, 7) is 11.7. The van der Waals surface area contributed by atoms with Crippen molar-refractivity contribution in [3.05, 3.63) is 0 Å². The Bertz CT molecular complexity index is 273. The van der Waals surface area contributed by atoms with Crippen LogP contribution in [0.4, 0.5) is 0 Å². The highest BCUT2D eigenvalue weighted by atomic mass is 28.4. The van der Waals surface area contributed by atoms with Crippen molar-refractivity contribution < 1.29 is 14.0 Å². The van der Waals surface area contributed by atoms with E-state index in [-0.39, 0.29) is 30.3 Å². The van der Waals surface area contributed by atoms with Crippen molar-refractivity contribution in [1.29, 1.82) is 0 Å².